The van der Waals surface area contributed by atoms with Crippen LogP contribution in [0.25, 0.3) is 0 Å². The van der Waals surface area contributed by atoms with Crippen LogP contribution in [0.5, 0.6) is 0 Å². The quantitative estimate of drug-likeness (QED) is 0.628. The molecule has 0 saturated heterocycles. The smallest absolute Gasteiger partial charge is 0.307 e. The van der Waals surface area contributed by atoms with Crippen LogP contribution in [0.1, 0.15) is 33.1 Å². The molecule has 0 aromatic rings. The zero-order valence-electron chi connectivity index (χ0n) is 7.05. The Kier molecular flexibility index (Phi) is 5.28. The highest BCUT2D eigenvalue weighted by Crippen LogP contribution is 2.09. The van der Waals surface area contributed by atoms with Crippen LogP contribution in [0.4, 0.5) is 0 Å². The maximum Gasteiger partial charge on any atom is 0.307 e. The molecule has 2 nitrogen and oxygen atoms in total. The van der Waals surface area contributed by atoms with Crippen LogP contribution in [0.15, 0.2) is 0 Å². The van der Waals surface area contributed by atoms with E-state index in [4.69, 9.17) is 5.11 Å². The van der Waals surface area contributed by atoms with Gasteiger partial charge in [0.1, 0.15) is 0 Å². The SMILES string of the molecule is CC#CCC(CCC)C(=O)O. The van der Waals surface area contributed by atoms with E-state index in [9.17, 15) is 4.79 Å². The Morgan fingerprint density at radius 1 is 1.64 bits per heavy atom. The Balaban J connectivity index is 3.85. The van der Waals surface area contributed by atoms with Crippen LogP contribution >= 0.6 is 0 Å². The molecule has 0 saturated carbocycles. The molecular weight excluding hydrogens is 140 g/mol. The molecule has 62 valence electrons. The summed E-state index contributed by atoms with van der Waals surface area (Å²) in [5.74, 6) is 4.48. The molecule has 11 heavy (non-hydrogen) atoms. The highest BCUT2D eigenvalue weighted by atomic mass is 16.4. The average molecular weight is 154 g/mol. The molecule has 2 heteroatoms. The first-order valence-corrected chi connectivity index (χ1v) is 3.84. The summed E-state index contributed by atoms with van der Waals surface area (Å²) in [5, 5.41) is 8.66. The lowest BCUT2D eigenvalue weighted by Crippen LogP contribution is -2.12. The first-order valence-electron chi connectivity index (χ1n) is 3.84. The third-order valence-electron chi connectivity index (χ3n) is 1.51. The summed E-state index contributed by atoms with van der Waals surface area (Å²) in [5.41, 5.74) is 0. The molecule has 0 aliphatic heterocycles. The highest BCUT2D eigenvalue weighted by molar-refractivity contribution is 5.70. The lowest BCUT2D eigenvalue weighted by molar-refractivity contribution is -0.141. The van der Waals surface area contributed by atoms with Gasteiger partial charge in [-0.1, -0.05) is 13.3 Å². The van der Waals surface area contributed by atoms with Gasteiger partial charge in [-0.05, 0) is 13.3 Å². The van der Waals surface area contributed by atoms with Crippen molar-refractivity contribution in [3.05, 3.63) is 0 Å². The minimum atomic E-state index is -0.727. The van der Waals surface area contributed by atoms with Crippen molar-refractivity contribution in [2.24, 2.45) is 5.92 Å². The van der Waals surface area contributed by atoms with Crippen LogP contribution in [-0.4, -0.2) is 11.1 Å². The van der Waals surface area contributed by atoms with Crippen molar-refractivity contribution < 1.29 is 9.90 Å². The largest absolute Gasteiger partial charge is 0.481 e. The Morgan fingerprint density at radius 3 is 2.64 bits per heavy atom. The first kappa shape index (κ1) is 10.0. The van der Waals surface area contributed by atoms with Gasteiger partial charge in [-0.25, -0.2) is 0 Å². The summed E-state index contributed by atoms with van der Waals surface area (Å²) in [6, 6.07) is 0. The van der Waals surface area contributed by atoms with Gasteiger partial charge in [-0.2, -0.15) is 0 Å². The molecule has 1 atom stereocenters. The fourth-order valence-electron chi connectivity index (χ4n) is 0.887. The third-order valence-corrected chi connectivity index (χ3v) is 1.51. The molecule has 0 rings (SSSR count). The van der Waals surface area contributed by atoms with Gasteiger partial charge in [0.15, 0.2) is 0 Å². The molecule has 1 unspecified atom stereocenters. The van der Waals surface area contributed by atoms with E-state index in [2.05, 4.69) is 11.8 Å². The summed E-state index contributed by atoms with van der Waals surface area (Å²) < 4.78 is 0. The summed E-state index contributed by atoms with van der Waals surface area (Å²) >= 11 is 0. The Labute approximate surface area is 67.6 Å². The van der Waals surface area contributed by atoms with E-state index in [1.54, 1.807) is 6.92 Å². The lowest BCUT2D eigenvalue weighted by Gasteiger charge is -2.05. The predicted octanol–water partition coefficient (Wildman–Crippen LogP) is 1.90. The van der Waals surface area contributed by atoms with E-state index in [1.807, 2.05) is 6.92 Å². The van der Waals surface area contributed by atoms with Crippen LogP contribution in [-0.2, 0) is 4.79 Å². The summed E-state index contributed by atoms with van der Waals surface area (Å²) in [4.78, 5) is 10.5. The van der Waals surface area contributed by atoms with Crippen molar-refractivity contribution in [3.8, 4) is 11.8 Å². The van der Waals surface area contributed by atoms with E-state index in [-0.39, 0.29) is 5.92 Å². The second-order valence-corrected chi connectivity index (χ2v) is 2.45. The van der Waals surface area contributed by atoms with Gasteiger partial charge in [0.05, 0.1) is 5.92 Å². The minimum absolute atomic E-state index is 0.271. The van der Waals surface area contributed by atoms with E-state index in [1.165, 1.54) is 0 Å². The second-order valence-electron chi connectivity index (χ2n) is 2.45. The number of rotatable bonds is 4. The van der Waals surface area contributed by atoms with Gasteiger partial charge in [-0.3, -0.25) is 4.79 Å². The molecule has 0 aliphatic carbocycles. The molecular formula is C9H14O2. The first-order chi connectivity index (χ1) is 5.22. The van der Waals surface area contributed by atoms with Crippen molar-refractivity contribution in [1.82, 2.24) is 0 Å². The molecule has 0 aromatic carbocycles. The summed E-state index contributed by atoms with van der Waals surface area (Å²) in [7, 11) is 0. The second kappa shape index (κ2) is 5.79. The molecule has 0 amide bonds. The maximum absolute atomic E-state index is 10.5. The van der Waals surface area contributed by atoms with Crippen LogP contribution < -0.4 is 0 Å². The number of carbonyl (C=O) groups is 1. The van der Waals surface area contributed by atoms with Crippen LogP contribution in [0, 0.1) is 17.8 Å². The number of carboxylic acid groups (broad SMARTS) is 1. The van der Waals surface area contributed by atoms with Gasteiger partial charge in [0.2, 0.25) is 0 Å². The zero-order valence-corrected chi connectivity index (χ0v) is 7.05. The van der Waals surface area contributed by atoms with E-state index < -0.39 is 5.97 Å². The Morgan fingerprint density at radius 2 is 2.27 bits per heavy atom. The molecule has 0 aromatic heterocycles. The molecule has 0 aliphatic rings. The number of hydrogen-bond donors (Lipinski definition) is 1. The third kappa shape index (κ3) is 4.44. The highest BCUT2D eigenvalue weighted by Gasteiger charge is 2.13. The molecule has 0 heterocycles. The van der Waals surface area contributed by atoms with Crippen molar-refractivity contribution in [2.75, 3.05) is 0 Å². The van der Waals surface area contributed by atoms with E-state index >= 15 is 0 Å². The fraction of sp³-hybridized carbons (Fsp3) is 0.667. The van der Waals surface area contributed by atoms with Crippen LogP contribution in [0.3, 0.4) is 0 Å². The van der Waals surface area contributed by atoms with Crippen molar-refractivity contribution in [1.29, 1.82) is 0 Å². The summed E-state index contributed by atoms with van der Waals surface area (Å²) in [6.07, 6.45) is 2.12. The van der Waals surface area contributed by atoms with E-state index in [0.29, 0.717) is 6.42 Å². The summed E-state index contributed by atoms with van der Waals surface area (Å²) in [6.45, 7) is 3.71. The predicted molar refractivity (Wildman–Crippen MR) is 44.1 cm³/mol. The molecule has 0 radical (unpaired) electrons. The minimum Gasteiger partial charge on any atom is -0.481 e. The normalized spacial score (nSPS) is 11.5. The molecule has 0 spiro atoms. The van der Waals surface area contributed by atoms with Gasteiger partial charge in [0.25, 0.3) is 0 Å². The lowest BCUT2D eigenvalue weighted by atomic mass is 10.0. The van der Waals surface area contributed by atoms with Gasteiger partial charge < -0.3 is 5.11 Å². The zero-order chi connectivity index (χ0) is 8.69. The van der Waals surface area contributed by atoms with E-state index in [0.717, 1.165) is 12.8 Å². The Bertz CT molecular complexity index is 174. The molecule has 1 N–H and O–H groups in total. The number of carboxylic acids is 1. The van der Waals surface area contributed by atoms with Gasteiger partial charge in [-0.15, -0.1) is 11.8 Å². The average Bonchev–Trinajstić information content (AvgIpc) is 1.97. The van der Waals surface area contributed by atoms with Gasteiger partial charge >= 0.3 is 5.97 Å². The van der Waals surface area contributed by atoms with Crippen LogP contribution in [0.2, 0.25) is 0 Å². The monoisotopic (exact) mass is 154 g/mol. The topological polar surface area (TPSA) is 37.3 Å². The van der Waals surface area contributed by atoms with Gasteiger partial charge in [0, 0.05) is 6.42 Å². The van der Waals surface area contributed by atoms with Crippen molar-refractivity contribution in [2.45, 2.75) is 33.1 Å². The molecule has 0 fully saturated rings. The standard InChI is InChI=1S/C9H14O2/c1-3-5-7-8(6-4-2)9(10)11/h8H,4,6-7H2,1-2H3,(H,10,11). The molecule has 0 bridgehead atoms. The maximum atomic E-state index is 10.5. The Hall–Kier alpha value is -0.970. The van der Waals surface area contributed by atoms with Crippen molar-refractivity contribution in [3.63, 3.8) is 0 Å². The fourth-order valence-corrected chi connectivity index (χ4v) is 0.887. The van der Waals surface area contributed by atoms with Crippen molar-refractivity contribution >= 4 is 5.97 Å². The number of aliphatic carboxylic acids is 1. The number of hydrogen-bond acceptors (Lipinski definition) is 1.